The zero-order valence-electron chi connectivity index (χ0n) is 19.5. The van der Waals surface area contributed by atoms with Gasteiger partial charge in [-0.2, -0.15) is 0 Å². The number of carbonyl (C=O) groups is 1. The van der Waals surface area contributed by atoms with Crippen LogP contribution in [0.15, 0.2) is 24.3 Å². The highest BCUT2D eigenvalue weighted by molar-refractivity contribution is 5.97. The predicted molar refractivity (Wildman–Crippen MR) is 119 cm³/mol. The first kappa shape index (κ1) is 23.5. The minimum atomic E-state index is -0.834. The van der Waals surface area contributed by atoms with Crippen LogP contribution in [0.3, 0.4) is 0 Å². The summed E-state index contributed by atoms with van der Waals surface area (Å²) in [5.74, 6) is -0.628. The molecule has 6 heteroatoms. The lowest BCUT2D eigenvalue weighted by Crippen LogP contribution is -2.34. The maximum absolute atomic E-state index is 13.1. The lowest BCUT2D eigenvalue weighted by atomic mass is 9.95. The van der Waals surface area contributed by atoms with E-state index in [1.165, 1.54) is 0 Å². The van der Waals surface area contributed by atoms with Crippen LogP contribution in [0.5, 0.6) is 5.75 Å². The molecule has 5 atom stereocenters. The van der Waals surface area contributed by atoms with E-state index in [9.17, 15) is 9.90 Å². The third-order valence-electron chi connectivity index (χ3n) is 5.96. The molecule has 6 nitrogen and oxygen atoms in total. The second-order valence-electron chi connectivity index (χ2n) is 8.95. The smallest absolute Gasteiger partial charge is 0.339 e. The van der Waals surface area contributed by atoms with E-state index >= 15 is 0 Å². The quantitative estimate of drug-likeness (QED) is 0.528. The largest absolute Gasteiger partial charge is 0.496 e. The van der Waals surface area contributed by atoms with Crippen molar-refractivity contribution in [1.82, 2.24) is 0 Å². The van der Waals surface area contributed by atoms with E-state index in [1.807, 2.05) is 65.8 Å². The molecule has 0 aliphatic carbocycles. The molecule has 0 amide bonds. The molecule has 1 unspecified atom stereocenters. The summed E-state index contributed by atoms with van der Waals surface area (Å²) in [7, 11) is 1.60. The highest BCUT2D eigenvalue weighted by Crippen LogP contribution is 2.35. The number of benzene rings is 1. The van der Waals surface area contributed by atoms with E-state index in [0.29, 0.717) is 23.3 Å². The van der Waals surface area contributed by atoms with Crippen molar-refractivity contribution in [3.63, 3.8) is 0 Å². The first-order valence-electron chi connectivity index (χ1n) is 10.8. The minimum Gasteiger partial charge on any atom is -0.496 e. The molecule has 0 aromatic heterocycles. The SMILES string of the molecule is COc1c(C)cc(C)c2c1/C=C/C[C@@H]1OC(C)(C)O[C@@H]1C(O)/C=C\[C@@H](C)[C@H](C)OC2=O. The van der Waals surface area contributed by atoms with Gasteiger partial charge >= 0.3 is 5.97 Å². The molecule has 0 spiro atoms. The molecule has 0 radical (unpaired) electrons. The number of ether oxygens (including phenoxy) is 4. The summed E-state index contributed by atoms with van der Waals surface area (Å²) in [4.78, 5) is 13.1. The van der Waals surface area contributed by atoms with Gasteiger partial charge in [0.2, 0.25) is 0 Å². The zero-order valence-corrected chi connectivity index (χ0v) is 19.5. The summed E-state index contributed by atoms with van der Waals surface area (Å²) >= 11 is 0. The average molecular weight is 431 g/mol. The Hall–Kier alpha value is -2.15. The van der Waals surface area contributed by atoms with E-state index in [2.05, 4.69) is 0 Å². The van der Waals surface area contributed by atoms with Gasteiger partial charge in [0.1, 0.15) is 24.1 Å². The Morgan fingerprint density at radius 1 is 1.13 bits per heavy atom. The van der Waals surface area contributed by atoms with Crippen molar-refractivity contribution >= 4 is 12.0 Å². The number of cyclic esters (lactones) is 1. The summed E-state index contributed by atoms with van der Waals surface area (Å²) < 4.78 is 23.5. The fourth-order valence-corrected chi connectivity index (χ4v) is 4.25. The minimum absolute atomic E-state index is 0.0954. The van der Waals surface area contributed by atoms with Gasteiger partial charge in [-0.3, -0.25) is 0 Å². The molecule has 2 heterocycles. The number of hydrogen-bond donors (Lipinski definition) is 1. The fourth-order valence-electron chi connectivity index (χ4n) is 4.25. The van der Waals surface area contributed by atoms with Gasteiger partial charge in [0.25, 0.3) is 0 Å². The molecular formula is C25H34O6. The normalized spacial score (nSPS) is 32.9. The first-order chi connectivity index (χ1) is 14.5. The van der Waals surface area contributed by atoms with Crippen molar-refractivity contribution < 1.29 is 28.8 Å². The van der Waals surface area contributed by atoms with Gasteiger partial charge in [-0.25, -0.2) is 4.79 Å². The number of esters is 1. The summed E-state index contributed by atoms with van der Waals surface area (Å²) in [6.07, 6.45) is 5.86. The molecular weight excluding hydrogens is 396 g/mol. The van der Waals surface area contributed by atoms with Crippen LogP contribution in [-0.4, -0.2) is 48.4 Å². The third kappa shape index (κ3) is 5.03. The molecule has 1 saturated heterocycles. The van der Waals surface area contributed by atoms with Gasteiger partial charge in [-0.05, 0) is 52.2 Å². The standard InChI is InChI=1S/C25H34O6/c1-14-11-12-19(26)23-20(30-25(5,6)31-23)10-8-9-18-21(24(27)29-17(14)4)15(2)13-16(3)22(18)28-7/h8-9,11-14,17,19-20,23,26H,10H2,1-7H3/b9-8+,12-11-/t14-,17+,19?,20+,23-/m1/s1. The van der Waals surface area contributed by atoms with Crippen LogP contribution in [0.4, 0.5) is 0 Å². The number of hydrogen-bond acceptors (Lipinski definition) is 6. The van der Waals surface area contributed by atoms with Crippen LogP contribution in [0.25, 0.3) is 6.08 Å². The molecule has 31 heavy (non-hydrogen) atoms. The van der Waals surface area contributed by atoms with Crippen molar-refractivity contribution in [1.29, 1.82) is 0 Å². The Morgan fingerprint density at radius 2 is 1.84 bits per heavy atom. The van der Waals surface area contributed by atoms with Gasteiger partial charge in [0.05, 0.1) is 18.8 Å². The molecule has 1 N–H and O–H groups in total. The van der Waals surface area contributed by atoms with E-state index in [1.54, 1.807) is 13.2 Å². The number of methoxy groups -OCH3 is 1. The Balaban J connectivity index is 2.09. The van der Waals surface area contributed by atoms with Crippen molar-refractivity contribution in [2.45, 2.75) is 78.2 Å². The molecule has 170 valence electrons. The van der Waals surface area contributed by atoms with Crippen molar-refractivity contribution in [2.75, 3.05) is 7.11 Å². The van der Waals surface area contributed by atoms with E-state index in [4.69, 9.17) is 18.9 Å². The van der Waals surface area contributed by atoms with E-state index in [-0.39, 0.29) is 24.1 Å². The maximum Gasteiger partial charge on any atom is 0.339 e. The maximum atomic E-state index is 13.1. The molecule has 1 aromatic rings. The molecule has 2 aliphatic rings. The number of carbonyl (C=O) groups excluding carboxylic acids is 1. The van der Waals surface area contributed by atoms with E-state index in [0.717, 1.165) is 11.1 Å². The lowest BCUT2D eigenvalue weighted by Gasteiger charge is -2.23. The van der Waals surface area contributed by atoms with Gasteiger partial charge in [-0.1, -0.05) is 37.3 Å². The Kier molecular flexibility index (Phi) is 6.94. The third-order valence-corrected chi connectivity index (χ3v) is 5.96. The number of aliphatic hydroxyl groups excluding tert-OH is 1. The van der Waals surface area contributed by atoms with E-state index < -0.39 is 18.0 Å². The molecule has 1 fully saturated rings. The van der Waals surface area contributed by atoms with Crippen LogP contribution in [0, 0.1) is 19.8 Å². The van der Waals surface area contributed by atoms with Crippen LogP contribution in [-0.2, 0) is 14.2 Å². The predicted octanol–water partition coefficient (Wildman–Crippen LogP) is 4.35. The molecule has 1 aromatic carbocycles. The van der Waals surface area contributed by atoms with Crippen molar-refractivity contribution in [3.05, 3.63) is 46.5 Å². The second-order valence-corrected chi connectivity index (χ2v) is 8.95. The molecule has 0 saturated carbocycles. The fraction of sp³-hybridized carbons (Fsp3) is 0.560. The summed E-state index contributed by atoms with van der Waals surface area (Å²) in [6, 6.07) is 1.94. The topological polar surface area (TPSA) is 74.2 Å². The van der Waals surface area contributed by atoms with Crippen LogP contribution >= 0.6 is 0 Å². The zero-order chi connectivity index (χ0) is 22.9. The highest BCUT2D eigenvalue weighted by Gasteiger charge is 2.43. The highest BCUT2D eigenvalue weighted by atomic mass is 16.8. The first-order valence-corrected chi connectivity index (χ1v) is 10.8. The summed E-state index contributed by atoms with van der Waals surface area (Å²) in [5, 5.41) is 10.7. The number of rotatable bonds is 1. The van der Waals surface area contributed by atoms with Gasteiger partial charge < -0.3 is 24.1 Å². The van der Waals surface area contributed by atoms with Gasteiger partial charge in [0.15, 0.2) is 5.79 Å². The van der Waals surface area contributed by atoms with Crippen LogP contribution in [0.2, 0.25) is 0 Å². The molecule has 3 rings (SSSR count). The summed E-state index contributed by atoms with van der Waals surface area (Å²) in [6.45, 7) is 11.3. The monoisotopic (exact) mass is 430 g/mol. The average Bonchev–Trinajstić information content (AvgIpc) is 2.99. The van der Waals surface area contributed by atoms with Crippen LogP contribution in [0.1, 0.15) is 61.2 Å². The van der Waals surface area contributed by atoms with Crippen LogP contribution < -0.4 is 4.74 Å². The number of fused-ring (bicyclic) bond motifs is 2. The molecule has 0 bridgehead atoms. The van der Waals surface area contributed by atoms with Crippen molar-refractivity contribution in [2.24, 2.45) is 5.92 Å². The van der Waals surface area contributed by atoms with Gasteiger partial charge in [-0.15, -0.1) is 0 Å². The van der Waals surface area contributed by atoms with Crippen molar-refractivity contribution in [3.8, 4) is 5.75 Å². The Morgan fingerprint density at radius 3 is 2.52 bits per heavy atom. The Labute approximate surface area is 184 Å². The molecule has 2 aliphatic heterocycles. The van der Waals surface area contributed by atoms with Gasteiger partial charge in [0, 0.05) is 11.5 Å². The summed E-state index contributed by atoms with van der Waals surface area (Å²) in [5.41, 5.74) is 2.96. The Bertz CT molecular complexity index is 884. The lowest BCUT2D eigenvalue weighted by molar-refractivity contribution is -0.152. The second kappa shape index (κ2) is 9.15. The number of aliphatic hydroxyl groups is 1. The number of aryl methyl sites for hydroxylation is 2.